The molecule has 0 saturated carbocycles. The minimum Gasteiger partial charge on any atom is -0.361 e. The van der Waals surface area contributed by atoms with Crippen molar-refractivity contribution in [1.29, 1.82) is 0 Å². The third kappa shape index (κ3) is 3.07. The van der Waals surface area contributed by atoms with Gasteiger partial charge in [-0.15, -0.1) is 0 Å². The first kappa shape index (κ1) is 16.7. The van der Waals surface area contributed by atoms with Crippen LogP contribution in [0.1, 0.15) is 21.8 Å². The van der Waals surface area contributed by atoms with Crippen molar-refractivity contribution in [2.45, 2.75) is 18.7 Å². The summed E-state index contributed by atoms with van der Waals surface area (Å²) in [6.45, 7) is 4.68. The second-order valence-corrected chi connectivity index (χ2v) is 7.69. The Morgan fingerprint density at radius 1 is 1.12 bits per heavy atom. The number of hydrogen-bond donors (Lipinski definition) is 0. The Morgan fingerprint density at radius 2 is 1.79 bits per heavy atom. The van der Waals surface area contributed by atoms with Crippen molar-refractivity contribution in [2.24, 2.45) is 0 Å². The first-order valence-electron chi connectivity index (χ1n) is 7.68. The minimum atomic E-state index is -3.54. The third-order valence-electron chi connectivity index (χ3n) is 4.08. The second-order valence-electron chi connectivity index (χ2n) is 5.78. The quantitative estimate of drug-likeness (QED) is 0.837. The number of carbonyl (C=O) groups excluding carboxylic acids is 1. The predicted octanol–water partition coefficient (Wildman–Crippen LogP) is 1.44. The molecule has 1 fully saturated rings. The third-order valence-corrected chi connectivity index (χ3v) is 6.14. The molecule has 0 spiro atoms. The summed E-state index contributed by atoms with van der Waals surface area (Å²) in [4.78, 5) is 14.2. The van der Waals surface area contributed by atoms with Gasteiger partial charge in [0.2, 0.25) is 10.0 Å². The van der Waals surface area contributed by atoms with E-state index >= 15 is 0 Å². The first-order valence-corrected chi connectivity index (χ1v) is 9.12. The smallest absolute Gasteiger partial charge is 0.276 e. The van der Waals surface area contributed by atoms with Crippen molar-refractivity contribution < 1.29 is 17.7 Å². The standard InChI is InChI=1S/C16H19N3O4S/c1-12-5-3-4-6-15(12)24(21,22)19-9-7-18(8-10-19)16(20)14-11-13(2)23-17-14/h3-6,11H,7-10H2,1-2H3. The molecule has 7 nitrogen and oxygen atoms in total. The molecule has 0 radical (unpaired) electrons. The van der Waals surface area contributed by atoms with Gasteiger partial charge in [0.05, 0.1) is 4.90 Å². The fourth-order valence-electron chi connectivity index (χ4n) is 2.75. The molecule has 1 amide bonds. The fourth-order valence-corrected chi connectivity index (χ4v) is 4.39. The zero-order valence-corrected chi connectivity index (χ0v) is 14.4. The van der Waals surface area contributed by atoms with Crippen LogP contribution in [0.4, 0.5) is 0 Å². The van der Waals surface area contributed by atoms with Gasteiger partial charge in [-0.1, -0.05) is 23.4 Å². The molecule has 1 saturated heterocycles. The maximum Gasteiger partial charge on any atom is 0.276 e. The first-order chi connectivity index (χ1) is 11.4. The van der Waals surface area contributed by atoms with Gasteiger partial charge in [-0.3, -0.25) is 4.79 Å². The van der Waals surface area contributed by atoms with Crippen LogP contribution in [0.25, 0.3) is 0 Å². The maximum absolute atomic E-state index is 12.8. The van der Waals surface area contributed by atoms with Gasteiger partial charge in [-0.2, -0.15) is 4.31 Å². The van der Waals surface area contributed by atoms with Gasteiger partial charge in [-0.25, -0.2) is 8.42 Å². The molecule has 1 aromatic carbocycles. The average molecular weight is 349 g/mol. The Bertz CT molecular complexity index is 852. The van der Waals surface area contributed by atoms with E-state index in [0.29, 0.717) is 29.3 Å². The molecule has 24 heavy (non-hydrogen) atoms. The summed E-state index contributed by atoms with van der Waals surface area (Å²) in [5, 5.41) is 3.72. The number of benzene rings is 1. The van der Waals surface area contributed by atoms with Gasteiger partial charge in [0.15, 0.2) is 5.69 Å². The number of nitrogens with zero attached hydrogens (tertiary/aromatic N) is 3. The van der Waals surface area contributed by atoms with E-state index in [9.17, 15) is 13.2 Å². The minimum absolute atomic E-state index is 0.236. The molecule has 8 heteroatoms. The number of carbonyl (C=O) groups is 1. The van der Waals surface area contributed by atoms with Crippen molar-refractivity contribution in [3.8, 4) is 0 Å². The summed E-state index contributed by atoms with van der Waals surface area (Å²) in [5.41, 5.74) is 0.969. The summed E-state index contributed by atoms with van der Waals surface area (Å²) >= 11 is 0. The lowest BCUT2D eigenvalue weighted by atomic mass is 10.2. The van der Waals surface area contributed by atoms with Crippen LogP contribution < -0.4 is 0 Å². The van der Waals surface area contributed by atoms with Crippen LogP contribution in [0, 0.1) is 13.8 Å². The van der Waals surface area contributed by atoms with E-state index < -0.39 is 10.0 Å². The number of rotatable bonds is 3. The Kier molecular flexibility index (Phi) is 4.42. The Hall–Kier alpha value is -2.19. The van der Waals surface area contributed by atoms with E-state index in [0.717, 1.165) is 0 Å². The van der Waals surface area contributed by atoms with Crippen LogP contribution >= 0.6 is 0 Å². The van der Waals surface area contributed by atoms with Gasteiger partial charge in [0.1, 0.15) is 5.76 Å². The normalized spacial score (nSPS) is 16.3. The van der Waals surface area contributed by atoms with Gasteiger partial charge < -0.3 is 9.42 Å². The summed E-state index contributed by atoms with van der Waals surface area (Å²) in [6, 6.07) is 8.50. The van der Waals surface area contributed by atoms with Crippen molar-refractivity contribution in [2.75, 3.05) is 26.2 Å². The van der Waals surface area contributed by atoms with Crippen molar-refractivity contribution in [1.82, 2.24) is 14.4 Å². The highest BCUT2D eigenvalue weighted by Crippen LogP contribution is 2.21. The van der Waals surface area contributed by atoms with Crippen LogP contribution in [0.2, 0.25) is 0 Å². The van der Waals surface area contributed by atoms with E-state index in [2.05, 4.69) is 5.16 Å². The Balaban J connectivity index is 1.71. The highest BCUT2D eigenvalue weighted by atomic mass is 32.2. The Morgan fingerprint density at radius 3 is 2.38 bits per heavy atom. The van der Waals surface area contributed by atoms with Gasteiger partial charge in [0, 0.05) is 32.2 Å². The topological polar surface area (TPSA) is 83.7 Å². The summed E-state index contributed by atoms with van der Waals surface area (Å²) < 4.78 is 31.8. The molecule has 2 heterocycles. The van der Waals surface area contributed by atoms with E-state index in [4.69, 9.17) is 4.52 Å². The lowest BCUT2D eigenvalue weighted by molar-refractivity contribution is 0.0687. The molecule has 3 rings (SSSR count). The highest BCUT2D eigenvalue weighted by molar-refractivity contribution is 7.89. The number of hydrogen-bond acceptors (Lipinski definition) is 5. The molecule has 0 N–H and O–H groups in total. The van der Waals surface area contributed by atoms with Gasteiger partial charge in [-0.05, 0) is 25.5 Å². The van der Waals surface area contributed by atoms with Gasteiger partial charge in [0.25, 0.3) is 5.91 Å². The lowest BCUT2D eigenvalue weighted by Gasteiger charge is -2.33. The van der Waals surface area contributed by atoms with Crippen LogP contribution in [-0.4, -0.2) is 54.9 Å². The SMILES string of the molecule is Cc1cc(C(=O)N2CCN(S(=O)(=O)c3ccccc3C)CC2)no1. The number of sulfonamides is 1. The zero-order valence-electron chi connectivity index (χ0n) is 13.6. The van der Waals surface area contributed by atoms with E-state index in [1.807, 2.05) is 6.07 Å². The number of amides is 1. The van der Waals surface area contributed by atoms with Crippen molar-refractivity contribution in [3.63, 3.8) is 0 Å². The number of piperazine rings is 1. The van der Waals surface area contributed by atoms with Crippen LogP contribution in [0.3, 0.4) is 0 Å². The van der Waals surface area contributed by atoms with Crippen molar-refractivity contribution >= 4 is 15.9 Å². The number of aryl methyl sites for hydroxylation is 2. The Labute approximate surface area is 140 Å². The molecule has 1 aliphatic heterocycles. The molecule has 1 aromatic heterocycles. The average Bonchev–Trinajstić information content (AvgIpc) is 3.01. The highest BCUT2D eigenvalue weighted by Gasteiger charge is 2.31. The number of aromatic nitrogens is 1. The van der Waals surface area contributed by atoms with E-state index in [1.54, 1.807) is 43.0 Å². The van der Waals surface area contributed by atoms with E-state index in [1.165, 1.54) is 4.31 Å². The van der Waals surface area contributed by atoms with Crippen LogP contribution in [0.5, 0.6) is 0 Å². The monoisotopic (exact) mass is 349 g/mol. The second kappa shape index (κ2) is 6.37. The molecule has 0 bridgehead atoms. The molecule has 0 atom stereocenters. The summed E-state index contributed by atoms with van der Waals surface area (Å²) in [6.07, 6.45) is 0. The molecule has 2 aromatic rings. The summed E-state index contributed by atoms with van der Waals surface area (Å²) in [7, 11) is -3.54. The molecule has 0 unspecified atom stereocenters. The van der Waals surface area contributed by atoms with Crippen LogP contribution in [0.15, 0.2) is 39.8 Å². The van der Waals surface area contributed by atoms with E-state index in [-0.39, 0.29) is 24.7 Å². The largest absolute Gasteiger partial charge is 0.361 e. The van der Waals surface area contributed by atoms with Gasteiger partial charge >= 0.3 is 0 Å². The molecule has 128 valence electrons. The lowest BCUT2D eigenvalue weighted by Crippen LogP contribution is -2.50. The molecular weight excluding hydrogens is 330 g/mol. The molecule has 1 aliphatic rings. The summed E-state index contributed by atoms with van der Waals surface area (Å²) in [5.74, 6) is 0.332. The predicted molar refractivity (Wildman–Crippen MR) is 87.1 cm³/mol. The maximum atomic E-state index is 12.8. The van der Waals surface area contributed by atoms with Crippen molar-refractivity contribution in [3.05, 3.63) is 47.3 Å². The zero-order chi connectivity index (χ0) is 17.3. The fraction of sp³-hybridized carbons (Fsp3) is 0.375. The van der Waals surface area contributed by atoms with Crippen LogP contribution in [-0.2, 0) is 10.0 Å². The molecule has 0 aliphatic carbocycles. The molecular formula is C16H19N3O4S.